The van der Waals surface area contributed by atoms with E-state index < -0.39 is 0 Å². The van der Waals surface area contributed by atoms with Crippen LogP contribution >= 0.6 is 0 Å². The molecule has 0 aromatic carbocycles. The monoisotopic (exact) mass is 338 g/mol. The lowest BCUT2D eigenvalue weighted by Crippen LogP contribution is -2.39. The van der Waals surface area contributed by atoms with Gasteiger partial charge in [-0.3, -0.25) is 4.99 Å². The predicted octanol–water partition coefficient (Wildman–Crippen LogP) is 2.48. The number of nitrogens with one attached hydrogen (secondary N) is 2. The Bertz CT molecular complexity index is 349. The molecule has 5 nitrogen and oxygen atoms in total. The van der Waals surface area contributed by atoms with Gasteiger partial charge in [0.2, 0.25) is 0 Å². The molecule has 24 heavy (non-hydrogen) atoms. The normalized spacial score (nSPS) is 20.3. The molecule has 0 radical (unpaired) electrons. The first-order chi connectivity index (χ1) is 11.8. The number of hydrogen-bond donors (Lipinski definition) is 2. The van der Waals surface area contributed by atoms with E-state index in [0.29, 0.717) is 0 Å². The van der Waals surface area contributed by atoms with E-state index >= 15 is 0 Å². The lowest BCUT2D eigenvalue weighted by atomic mass is 9.99. The summed E-state index contributed by atoms with van der Waals surface area (Å²) in [5, 5.41) is 6.79. The molecule has 1 aliphatic heterocycles. The van der Waals surface area contributed by atoms with Crippen LogP contribution < -0.4 is 10.6 Å². The van der Waals surface area contributed by atoms with Gasteiger partial charge in [-0.2, -0.15) is 0 Å². The Morgan fingerprint density at radius 1 is 1.12 bits per heavy atom. The van der Waals surface area contributed by atoms with Crippen molar-refractivity contribution in [3.8, 4) is 0 Å². The molecule has 0 bridgehead atoms. The lowest BCUT2D eigenvalue weighted by Gasteiger charge is -2.30. The molecule has 5 heteroatoms. The van der Waals surface area contributed by atoms with E-state index in [-0.39, 0.29) is 0 Å². The third-order valence-corrected chi connectivity index (χ3v) is 4.93. The topological polar surface area (TPSA) is 48.9 Å². The maximum atomic E-state index is 5.66. The van der Waals surface area contributed by atoms with Crippen LogP contribution in [0.3, 0.4) is 0 Å². The zero-order valence-electron chi connectivity index (χ0n) is 15.9. The standard InChI is InChI=1S/C19H38N4O/c1-3-20-19(22-11-5-15-24-16-18-6-7-18)21-10-4-12-23-13-8-17(2)9-14-23/h17-18H,3-16H2,1-2H3,(H2,20,21,22). The Morgan fingerprint density at radius 2 is 1.92 bits per heavy atom. The van der Waals surface area contributed by atoms with Gasteiger partial charge in [0, 0.05) is 32.8 Å². The smallest absolute Gasteiger partial charge is 0.191 e. The fraction of sp³-hybridized carbons (Fsp3) is 0.947. The number of likely N-dealkylation sites (tertiary alicyclic amines) is 1. The van der Waals surface area contributed by atoms with Crippen molar-refractivity contribution in [1.29, 1.82) is 0 Å². The first-order valence-corrected chi connectivity index (χ1v) is 10.1. The fourth-order valence-electron chi connectivity index (χ4n) is 3.03. The Kier molecular flexibility index (Phi) is 9.51. The fourth-order valence-corrected chi connectivity index (χ4v) is 3.03. The average molecular weight is 339 g/mol. The third kappa shape index (κ3) is 8.88. The van der Waals surface area contributed by atoms with Gasteiger partial charge in [0.05, 0.1) is 0 Å². The largest absolute Gasteiger partial charge is 0.381 e. The van der Waals surface area contributed by atoms with E-state index in [1.54, 1.807) is 0 Å². The maximum Gasteiger partial charge on any atom is 0.191 e. The van der Waals surface area contributed by atoms with Crippen LogP contribution in [0.25, 0.3) is 0 Å². The van der Waals surface area contributed by atoms with Gasteiger partial charge in [0.25, 0.3) is 0 Å². The van der Waals surface area contributed by atoms with E-state index in [1.165, 1.54) is 51.7 Å². The Hall–Kier alpha value is -0.810. The second-order valence-electron chi connectivity index (χ2n) is 7.44. The molecule has 0 aromatic heterocycles. The van der Waals surface area contributed by atoms with Crippen LogP contribution in [0.2, 0.25) is 0 Å². The quantitative estimate of drug-likeness (QED) is 0.345. The molecule has 0 spiro atoms. The summed E-state index contributed by atoms with van der Waals surface area (Å²) in [6, 6.07) is 0. The highest BCUT2D eigenvalue weighted by atomic mass is 16.5. The number of guanidine groups is 1. The van der Waals surface area contributed by atoms with Crippen molar-refractivity contribution in [2.45, 2.75) is 52.4 Å². The van der Waals surface area contributed by atoms with Gasteiger partial charge in [-0.25, -0.2) is 0 Å². The Labute approximate surface area is 148 Å². The van der Waals surface area contributed by atoms with E-state index in [4.69, 9.17) is 4.74 Å². The molecule has 0 unspecified atom stereocenters. The molecule has 140 valence electrons. The minimum absolute atomic E-state index is 0.837. The molecule has 2 N–H and O–H groups in total. The Balaban J connectivity index is 1.50. The van der Waals surface area contributed by atoms with Gasteiger partial charge in [-0.15, -0.1) is 0 Å². The highest BCUT2D eigenvalue weighted by molar-refractivity contribution is 5.79. The second-order valence-corrected chi connectivity index (χ2v) is 7.44. The summed E-state index contributed by atoms with van der Waals surface area (Å²) in [7, 11) is 0. The summed E-state index contributed by atoms with van der Waals surface area (Å²) < 4.78 is 5.66. The molecule has 2 aliphatic rings. The Morgan fingerprint density at radius 3 is 2.62 bits per heavy atom. The lowest BCUT2D eigenvalue weighted by molar-refractivity contribution is 0.123. The zero-order valence-corrected chi connectivity index (χ0v) is 15.9. The molecule has 1 saturated carbocycles. The third-order valence-electron chi connectivity index (χ3n) is 4.93. The molecule has 1 aliphatic carbocycles. The van der Waals surface area contributed by atoms with Crippen molar-refractivity contribution < 1.29 is 4.74 Å². The van der Waals surface area contributed by atoms with Crippen molar-refractivity contribution in [2.75, 3.05) is 52.5 Å². The van der Waals surface area contributed by atoms with E-state index in [1.807, 2.05) is 0 Å². The van der Waals surface area contributed by atoms with Crippen LogP contribution in [0.15, 0.2) is 4.99 Å². The molecule has 0 atom stereocenters. The van der Waals surface area contributed by atoms with Crippen LogP contribution in [-0.4, -0.2) is 63.3 Å². The van der Waals surface area contributed by atoms with Crippen molar-refractivity contribution in [1.82, 2.24) is 15.5 Å². The number of nitrogens with zero attached hydrogens (tertiary/aromatic N) is 2. The van der Waals surface area contributed by atoms with Crippen molar-refractivity contribution in [3.05, 3.63) is 0 Å². The molecule has 1 heterocycles. The van der Waals surface area contributed by atoms with Crippen LogP contribution in [0.4, 0.5) is 0 Å². The summed E-state index contributed by atoms with van der Waals surface area (Å²) in [5.74, 6) is 2.72. The number of piperidine rings is 1. The van der Waals surface area contributed by atoms with Gasteiger partial charge in [-0.05, 0) is 76.9 Å². The number of rotatable bonds is 11. The van der Waals surface area contributed by atoms with Crippen molar-refractivity contribution in [3.63, 3.8) is 0 Å². The van der Waals surface area contributed by atoms with E-state index in [2.05, 4.69) is 34.4 Å². The summed E-state index contributed by atoms with van der Waals surface area (Å²) in [5.41, 5.74) is 0. The van der Waals surface area contributed by atoms with Crippen LogP contribution in [0, 0.1) is 11.8 Å². The summed E-state index contributed by atoms with van der Waals surface area (Å²) in [4.78, 5) is 7.24. The molecule has 2 fully saturated rings. The van der Waals surface area contributed by atoms with Gasteiger partial charge in [-0.1, -0.05) is 6.92 Å². The second kappa shape index (κ2) is 11.7. The summed E-state index contributed by atoms with van der Waals surface area (Å²) in [6.07, 6.45) is 7.64. The van der Waals surface area contributed by atoms with E-state index in [9.17, 15) is 0 Å². The predicted molar refractivity (Wildman–Crippen MR) is 102 cm³/mol. The highest BCUT2D eigenvalue weighted by Gasteiger charge is 2.20. The van der Waals surface area contributed by atoms with E-state index in [0.717, 1.165) is 57.1 Å². The summed E-state index contributed by atoms with van der Waals surface area (Å²) in [6.45, 7) is 12.8. The van der Waals surface area contributed by atoms with Gasteiger partial charge >= 0.3 is 0 Å². The maximum absolute atomic E-state index is 5.66. The van der Waals surface area contributed by atoms with Crippen molar-refractivity contribution >= 4 is 5.96 Å². The number of hydrogen-bond acceptors (Lipinski definition) is 3. The van der Waals surface area contributed by atoms with Crippen LogP contribution in [-0.2, 0) is 4.74 Å². The molecule has 0 amide bonds. The minimum atomic E-state index is 0.837. The SMILES string of the molecule is CCNC(=NCCCOCC1CC1)NCCCN1CCC(C)CC1. The van der Waals surface area contributed by atoms with Crippen LogP contribution in [0.5, 0.6) is 0 Å². The average Bonchev–Trinajstić information content (AvgIpc) is 3.40. The highest BCUT2D eigenvalue weighted by Crippen LogP contribution is 2.28. The van der Waals surface area contributed by atoms with Gasteiger partial charge in [0.1, 0.15) is 0 Å². The van der Waals surface area contributed by atoms with Crippen molar-refractivity contribution in [2.24, 2.45) is 16.8 Å². The first-order valence-electron chi connectivity index (χ1n) is 10.1. The molecular weight excluding hydrogens is 300 g/mol. The van der Waals surface area contributed by atoms with Gasteiger partial charge in [0.15, 0.2) is 5.96 Å². The molecule has 0 aromatic rings. The molecule has 1 saturated heterocycles. The first kappa shape index (κ1) is 19.5. The van der Waals surface area contributed by atoms with Crippen LogP contribution in [0.1, 0.15) is 52.4 Å². The zero-order chi connectivity index (χ0) is 17.0. The minimum Gasteiger partial charge on any atom is -0.381 e. The van der Waals surface area contributed by atoms with Gasteiger partial charge < -0.3 is 20.3 Å². The molecule has 2 rings (SSSR count). The number of ether oxygens (including phenoxy) is 1. The molecular formula is C19H38N4O. The summed E-state index contributed by atoms with van der Waals surface area (Å²) >= 11 is 0. The number of aliphatic imine (C=N–C) groups is 1.